The summed E-state index contributed by atoms with van der Waals surface area (Å²) in [5.41, 5.74) is 0. The summed E-state index contributed by atoms with van der Waals surface area (Å²) in [6, 6.07) is 5.32. The topological polar surface area (TPSA) is 121 Å². The molecule has 2 aliphatic rings. The number of halogens is 1. The van der Waals surface area contributed by atoms with Gasteiger partial charge in [0.25, 0.3) is 5.91 Å². The highest BCUT2D eigenvalue weighted by Crippen LogP contribution is 2.29. The Morgan fingerprint density at radius 3 is 2.74 bits per heavy atom. The number of aliphatic imine (C=N–C) groups is 1. The number of carbonyl (C=O) groups excluding carboxylic acids is 3. The van der Waals surface area contributed by atoms with Crippen LogP contribution in [0.2, 0.25) is 5.02 Å². The second-order valence-electron chi connectivity index (χ2n) is 6.84. The van der Waals surface area contributed by atoms with Gasteiger partial charge < -0.3 is 24.4 Å². The number of nitrogens with zero attached hydrogens (tertiary/aromatic N) is 3. The number of benzene rings is 1. The van der Waals surface area contributed by atoms with E-state index in [1.807, 2.05) is 0 Å². The maximum absolute atomic E-state index is 12.5. The fraction of sp³-hybridized carbons (Fsp3) is 0.474. The molecule has 1 saturated heterocycles. The van der Waals surface area contributed by atoms with Crippen molar-refractivity contribution in [3.63, 3.8) is 0 Å². The van der Waals surface area contributed by atoms with Gasteiger partial charge in [0.05, 0.1) is 18.9 Å². The quantitative estimate of drug-likeness (QED) is 0.538. The van der Waals surface area contributed by atoms with Crippen LogP contribution in [-0.2, 0) is 14.3 Å². The van der Waals surface area contributed by atoms with Crippen molar-refractivity contribution < 1.29 is 29.0 Å². The molecule has 3 amide bonds. The predicted molar refractivity (Wildman–Crippen MR) is 115 cm³/mol. The van der Waals surface area contributed by atoms with E-state index in [0.717, 1.165) is 11.8 Å². The summed E-state index contributed by atoms with van der Waals surface area (Å²) in [5.74, 6) is -0.423. The number of ether oxygens (including phenoxy) is 2. The molecule has 10 nitrogen and oxygen atoms in total. The highest BCUT2D eigenvalue weighted by molar-refractivity contribution is 8.14. The van der Waals surface area contributed by atoms with Crippen molar-refractivity contribution in [2.75, 3.05) is 32.6 Å². The Morgan fingerprint density at radius 2 is 2.06 bits per heavy atom. The number of amides is 3. The summed E-state index contributed by atoms with van der Waals surface area (Å²) >= 11 is 6.94. The molecular formula is C19H23ClN4O6S. The van der Waals surface area contributed by atoms with E-state index in [0.29, 0.717) is 15.9 Å². The zero-order chi connectivity index (χ0) is 22.5. The molecule has 1 fully saturated rings. The van der Waals surface area contributed by atoms with Gasteiger partial charge in [0, 0.05) is 12.1 Å². The third kappa shape index (κ3) is 5.60. The molecule has 31 heavy (non-hydrogen) atoms. The van der Waals surface area contributed by atoms with E-state index in [9.17, 15) is 19.5 Å². The number of nitrogens with one attached hydrogen (secondary N) is 1. The van der Waals surface area contributed by atoms with Crippen LogP contribution in [0.1, 0.15) is 6.92 Å². The van der Waals surface area contributed by atoms with Crippen molar-refractivity contribution in [3.8, 4) is 5.75 Å². The summed E-state index contributed by atoms with van der Waals surface area (Å²) < 4.78 is 10.5. The summed E-state index contributed by atoms with van der Waals surface area (Å²) in [7, 11) is 1.53. The fourth-order valence-electron chi connectivity index (χ4n) is 3.14. The minimum absolute atomic E-state index is 0.0128. The number of thioether (sulfide) groups is 1. The largest absolute Gasteiger partial charge is 0.491 e. The molecule has 3 rings (SSSR count). The van der Waals surface area contributed by atoms with Crippen LogP contribution in [0.3, 0.4) is 0 Å². The number of esters is 1. The molecule has 0 radical (unpaired) electrons. The third-order valence-corrected chi connectivity index (χ3v) is 5.84. The standard InChI is InChI=1S/C19H23ClN4O6S/c1-3-29-14(26)10-31-19-21-16-15(17(27)22-18(28)23(16)2)24(19)8-12(25)9-30-13-6-4-11(20)5-7-13/h4-7,12,15-16,25H,3,8-10H2,1-2H3,(H,22,27,28). The number of amidine groups is 1. The molecule has 12 heteroatoms. The highest BCUT2D eigenvalue weighted by Gasteiger charge is 2.49. The second kappa shape index (κ2) is 10.2. The molecule has 3 atom stereocenters. The van der Waals surface area contributed by atoms with Gasteiger partial charge in [-0.05, 0) is 31.2 Å². The molecule has 1 aromatic carbocycles. The van der Waals surface area contributed by atoms with Gasteiger partial charge in [-0.15, -0.1) is 0 Å². The zero-order valence-electron chi connectivity index (χ0n) is 17.0. The number of urea groups is 1. The predicted octanol–water partition coefficient (Wildman–Crippen LogP) is 0.924. The molecule has 0 saturated carbocycles. The van der Waals surface area contributed by atoms with Gasteiger partial charge in [0.2, 0.25) is 0 Å². The van der Waals surface area contributed by atoms with Crippen LogP contribution in [0.5, 0.6) is 5.75 Å². The van der Waals surface area contributed by atoms with Crippen LogP contribution >= 0.6 is 23.4 Å². The molecule has 0 spiro atoms. The Bertz CT molecular complexity index is 867. The number of carbonyl (C=O) groups is 3. The number of hydrogen-bond donors (Lipinski definition) is 2. The summed E-state index contributed by atoms with van der Waals surface area (Å²) in [4.78, 5) is 43.6. The van der Waals surface area contributed by atoms with Crippen LogP contribution in [-0.4, -0.2) is 88.9 Å². The van der Waals surface area contributed by atoms with Gasteiger partial charge in [0.15, 0.2) is 17.4 Å². The molecule has 1 aromatic rings. The Kier molecular flexibility index (Phi) is 7.63. The number of imide groups is 1. The van der Waals surface area contributed by atoms with Crippen molar-refractivity contribution >= 4 is 46.4 Å². The van der Waals surface area contributed by atoms with Crippen LogP contribution < -0.4 is 10.1 Å². The number of aliphatic hydroxyl groups is 1. The van der Waals surface area contributed by atoms with Gasteiger partial charge in [-0.1, -0.05) is 23.4 Å². The van der Waals surface area contributed by atoms with Gasteiger partial charge in [-0.2, -0.15) is 0 Å². The van der Waals surface area contributed by atoms with Crippen molar-refractivity contribution in [3.05, 3.63) is 29.3 Å². The molecule has 0 bridgehead atoms. The zero-order valence-corrected chi connectivity index (χ0v) is 18.6. The lowest BCUT2D eigenvalue weighted by atomic mass is 10.1. The second-order valence-corrected chi connectivity index (χ2v) is 8.22. The maximum Gasteiger partial charge on any atom is 0.325 e. The SMILES string of the molecule is CCOC(=O)CSC1=NC2C(C(=O)NC(=O)N2C)N1CC(O)COc1ccc(Cl)cc1. The Labute approximate surface area is 188 Å². The third-order valence-electron chi connectivity index (χ3n) is 4.61. The highest BCUT2D eigenvalue weighted by atomic mass is 35.5. The maximum atomic E-state index is 12.5. The Morgan fingerprint density at radius 1 is 1.35 bits per heavy atom. The van der Waals surface area contributed by atoms with Crippen molar-refractivity contribution in [2.45, 2.75) is 25.2 Å². The lowest BCUT2D eigenvalue weighted by Gasteiger charge is -2.36. The lowest BCUT2D eigenvalue weighted by molar-refractivity contribution is -0.139. The normalized spacial score (nSPS) is 21.4. The van der Waals surface area contributed by atoms with E-state index in [2.05, 4.69) is 10.3 Å². The summed E-state index contributed by atoms with van der Waals surface area (Å²) in [6.07, 6.45) is -1.73. The van der Waals surface area contributed by atoms with Crippen molar-refractivity contribution in [1.82, 2.24) is 15.1 Å². The minimum atomic E-state index is -0.974. The summed E-state index contributed by atoms with van der Waals surface area (Å²) in [6.45, 7) is 1.93. The average Bonchev–Trinajstić information content (AvgIpc) is 3.09. The number of hydrogen-bond acceptors (Lipinski definition) is 9. The van der Waals surface area contributed by atoms with Crippen molar-refractivity contribution in [1.29, 1.82) is 0 Å². The molecule has 0 aromatic heterocycles. The van der Waals surface area contributed by atoms with E-state index in [4.69, 9.17) is 21.1 Å². The van der Waals surface area contributed by atoms with Crippen LogP contribution in [0.15, 0.2) is 29.3 Å². The molecule has 2 aliphatic heterocycles. The van der Waals surface area contributed by atoms with Gasteiger partial charge in [-0.25, -0.2) is 9.79 Å². The first-order valence-electron chi connectivity index (χ1n) is 9.57. The molecule has 168 valence electrons. The van der Waals surface area contributed by atoms with Crippen LogP contribution in [0.25, 0.3) is 0 Å². The van der Waals surface area contributed by atoms with Crippen LogP contribution in [0.4, 0.5) is 4.79 Å². The molecule has 2 N–H and O–H groups in total. The van der Waals surface area contributed by atoms with Gasteiger partial charge in [-0.3, -0.25) is 14.9 Å². The average molecular weight is 471 g/mol. The number of rotatable bonds is 8. The number of fused-ring (bicyclic) bond motifs is 1. The van der Waals surface area contributed by atoms with Crippen LogP contribution in [0, 0.1) is 0 Å². The smallest absolute Gasteiger partial charge is 0.325 e. The van der Waals surface area contributed by atoms with E-state index in [1.165, 1.54) is 11.9 Å². The van der Waals surface area contributed by atoms with Crippen molar-refractivity contribution in [2.24, 2.45) is 4.99 Å². The first kappa shape index (κ1) is 23.2. The van der Waals surface area contributed by atoms with E-state index >= 15 is 0 Å². The number of β-amino-alcohol motifs (C(OH)–C–C–N with tert-alkyl or cyclic N) is 1. The monoisotopic (exact) mass is 470 g/mol. The number of likely N-dealkylation sites (N-methyl/N-ethyl adjacent to an activating group) is 1. The van der Waals surface area contributed by atoms with Gasteiger partial charge >= 0.3 is 12.0 Å². The Balaban J connectivity index is 1.69. The van der Waals surface area contributed by atoms with E-state index in [-0.39, 0.29) is 25.5 Å². The first-order valence-corrected chi connectivity index (χ1v) is 10.9. The van der Waals surface area contributed by atoms with E-state index < -0.39 is 36.2 Å². The Hall–Kier alpha value is -2.50. The summed E-state index contributed by atoms with van der Waals surface area (Å²) in [5, 5.41) is 13.8. The molecule has 0 aliphatic carbocycles. The lowest BCUT2D eigenvalue weighted by Crippen LogP contribution is -2.64. The molecular weight excluding hydrogens is 448 g/mol. The van der Waals surface area contributed by atoms with Gasteiger partial charge in [0.1, 0.15) is 18.5 Å². The fourth-order valence-corrected chi connectivity index (χ4v) is 4.13. The molecule has 3 unspecified atom stereocenters. The first-order chi connectivity index (χ1) is 14.8. The minimum Gasteiger partial charge on any atom is -0.491 e. The number of aliphatic hydroxyl groups excluding tert-OH is 1. The molecule has 2 heterocycles. The van der Waals surface area contributed by atoms with E-state index in [1.54, 1.807) is 36.1 Å².